The van der Waals surface area contributed by atoms with Gasteiger partial charge < -0.3 is 14.8 Å². The van der Waals surface area contributed by atoms with Crippen molar-refractivity contribution in [3.8, 4) is 11.5 Å². The highest BCUT2D eigenvalue weighted by Gasteiger charge is 2.34. The van der Waals surface area contributed by atoms with Crippen molar-refractivity contribution in [1.82, 2.24) is 14.5 Å². The molecule has 1 saturated heterocycles. The topological polar surface area (TPSA) is 111 Å². The van der Waals surface area contributed by atoms with Crippen molar-refractivity contribution in [3.05, 3.63) is 57.0 Å². The number of piperidine rings is 1. The number of carbonyl (C=O) groups excluding carboxylic acids is 1. The van der Waals surface area contributed by atoms with Crippen LogP contribution in [-0.4, -0.2) is 48.7 Å². The summed E-state index contributed by atoms with van der Waals surface area (Å²) >= 11 is 1.20. The Labute approximate surface area is 208 Å². The van der Waals surface area contributed by atoms with E-state index in [1.807, 2.05) is 32.9 Å². The number of hydrogen-bond donors (Lipinski definition) is 1. The van der Waals surface area contributed by atoms with Gasteiger partial charge in [-0.05, 0) is 56.9 Å². The molecule has 1 N–H and O–H groups in total. The van der Waals surface area contributed by atoms with E-state index in [1.54, 1.807) is 22.5 Å². The number of anilines is 1. The van der Waals surface area contributed by atoms with Gasteiger partial charge in [0.25, 0.3) is 5.91 Å². The van der Waals surface area contributed by atoms with Crippen molar-refractivity contribution in [2.45, 2.75) is 44.4 Å². The summed E-state index contributed by atoms with van der Waals surface area (Å²) in [5.74, 6) is 0.713. The Balaban J connectivity index is 1.31. The summed E-state index contributed by atoms with van der Waals surface area (Å²) in [5.41, 5.74) is 3.11. The highest BCUT2D eigenvalue weighted by atomic mass is 32.2. The number of benzene rings is 2. The number of aryl methyl sites for hydroxylation is 3. The van der Waals surface area contributed by atoms with Crippen molar-refractivity contribution in [2.24, 2.45) is 0 Å². The lowest BCUT2D eigenvalue weighted by molar-refractivity contribution is 0.102. The van der Waals surface area contributed by atoms with Crippen LogP contribution in [0.3, 0.4) is 0 Å². The number of amides is 1. The second-order valence-electron chi connectivity index (χ2n) is 8.90. The van der Waals surface area contributed by atoms with Gasteiger partial charge in [0, 0.05) is 30.8 Å². The van der Waals surface area contributed by atoms with Gasteiger partial charge in [-0.25, -0.2) is 8.42 Å². The largest absolute Gasteiger partial charge is 0.454 e. The number of carbonyl (C=O) groups is 1. The van der Waals surface area contributed by atoms with E-state index < -0.39 is 10.0 Å². The first kappa shape index (κ1) is 23.7. The van der Waals surface area contributed by atoms with Gasteiger partial charge in [-0.15, -0.1) is 10.2 Å². The lowest BCUT2D eigenvalue weighted by atomic mass is 10.0. The normalized spacial score (nSPS) is 18.0. The molecule has 1 amide bonds. The molecule has 3 heterocycles. The number of sulfonamides is 1. The van der Waals surface area contributed by atoms with Crippen LogP contribution in [0.1, 0.15) is 50.3 Å². The lowest BCUT2D eigenvalue weighted by Crippen LogP contribution is -2.39. The highest BCUT2D eigenvalue weighted by Crippen LogP contribution is 2.36. The van der Waals surface area contributed by atoms with Crippen LogP contribution in [0.5, 0.6) is 11.5 Å². The number of nitrogens with zero attached hydrogens (tertiary/aromatic N) is 3. The van der Waals surface area contributed by atoms with Crippen LogP contribution in [0, 0.1) is 20.8 Å². The minimum absolute atomic E-state index is 0.117. The summed E-state index contributed by atoms with van der Waals surface area (Å²) in [4.78, 5) is 13.1. The van der Waals surface area contributed by atoms with Crippen LogP contribution in [0.4, 0.5) is 5.69 Å². The first-order valence-corrected chi connectivity index (χ1v) is 13.6. The van der Waals surface area contributed by atoms with E-state index in [1.165, 1.54) is 11.3 Å². The Morgan fingerprint density at radius 1 is 1.09 bits per heavy atom. The molecule has 0 radical (unpaired) electrons. The van der Waals surface area contributed by atoms with E-state index in [0.29, 0.717) is 46.6 Å². The van der Waals surface area contributed by atoms with Crippen molar-refractivity contribution >= 4 is 33.0 Å². The number of hydrogen-bond acceptors (Lipinski definition) is 8. The van der Waals surface area contributed by atoms with E-state index in [-0.39, 0.29) is 23.6 Å². The number of aromatic nitrogens is 2. The van der Waals surface area contributed by atoms with Gasteiger partial charge in [0.05, 0.1) is 4.90 Å². The predicted octanol–water partition coefficient (Wildman–Crippen LogP) is 4.01. The third-order valence-electron chi connectivity index (χ3n) is 6.20. The molecule has 184 valence electrons. The molecule has 0 aliphatic carbocycles. The zero-order chi connectivity index (χ0) is 24.7. The van der Waals surface area contributed by atoms with Crippen LogP contribution in [-0.2, 0) is 10.0 Å². The number of rotatable bonds is 5. The van der Waals surface area contributed by atoms with Gasteiger partial charge in [0.1, 0.15) is 5.01 Å². The fourth-order valence-electron chi connectivity index (χ4n) is 4.72. The van der Waals surface area contributed by atoms with Crippen LogP contribution < -0.4 is 14.8 Å². The van der Waals surface area contributed by atoms with Crippen molar-refractivity contribution in [1.29, 1.82) is 0 Å². The maximum Gasteiger partial charge on any atom is 0.286 e. The monoisotopic (exact) mass is 514 g/mol. The van der Waals surface area contributed by atoms with Crippen molar-refractivity contribution < 1.29 is 22.7 Å². The average molecular weight is 515 g/mol. The zero-order valence-corrected chi connectivity index (χ0v) is 21.3. The molecule has 0 unspecified atom stereocenters. The molecule has 9 nitrogen and oxygen atoms in total. The van der Waals surface area contributed by atoms with Crippen molar-refractivity contribution in [2.75, 3.05) is 25.2 Å². The van der Waals surface area contributed by atoms with E-state index in [9.17, 15) is 13.2 Å². The number of nitrogens with one attached hydrogen (secondary N) is 1. The molecule has 3 aromatic rings. The van der Waals surface area contributed by atoms with Crippen LogP contribution in [0.2, 0.25) is 0 Å². The fraction of sp³-hybridized carbons (Fsp3) is 0.375. The number of fused-ring (bicyclic) bond motifs is 1. The quantitative estimate of drug-likeness (QED) is 0.548. The fourth-order valence-corrected chi connectivity index (χ4v) is 7.51. The highest BCUT2D eigenvalue weighted by molar-refractivity contribution is 7.89. The molecule has 0 saturated carbocycles. The summed E-state index contributed by atoms with van der Waals surface area (Å²) in [7, 11) is -3.65. The molecular formula is C24H26N4O5S2. The molecular weight excluding hydrogens is 488 g/mol. The third kappa shape index (κ3) is 4.63. The maximum atomic E-state index is 13.5. The molecule has 2 aliphatic rings. The van der Waals surface area contributed by atoms with Crippen LogP contribution in [0.15, 0.2) is 35.2 Å². The average Bonchev–Trinajstić information content (AvgIpc) is 3.48. The van der Waals surface area contributed by atoms with Crippen molar-refractivity contribution in [3.63, 3.8) is 0 Å². The molecule has 11 heteroatoms. The van der Waals surface area contributed by atoms with Gasteiger partial charge in [-0.2, -0.15) is 4.31 Å². The molecule has 1 fully saturated rings. The Morgan fingerprint density at radius 2 is 1.83 bits per heavy atom. The molecule has 5 rings (SSSR count). The molecule has 1 atom stereocenters. The van der Waals surface area contributed by atoms with Gasteiger partial charge in [0.15, 0.2) is 11.5 Å². The van der Waals surface area contributed by atoms with Crippen LogP contribution in [0.25, 0.3) is 0 Å². The smallest absolute Gasteiger partial charge is 0.286 e. The SMILES string of the molecule is Cc1cc(C)c(S(=O)(=O)N2CCC[C@@H](c3nnc(C(=O)Nc4ccc5c(c4)OCO5)s3)C2)c(C)c1. The summed E-state index contributed by atoms with van der Waals surface area (Å²) in [5, 5.41) is 12.0. The predicted molar refractivity (Wildman–Crippen MR) is 132 cm³/mol. The Kier molecular flexibility index (Phi) is 6.24. The first-order valence-electron chi connectivity index (χ1n) is 11.3. The Morgan fingerprint density at radius 3 is 2.60 bits per heavy atom. The lowest BCUT2D eigenvalue weighted by Gasteiger charge is -2.31. The minimum Gasteiger partial charge on any atom is -0.454 e. The number of ether oxygens (including phenoxy) is 2. The standard InChI is InChI=1S/C24H26N4O5S2/c1-14-9-15(2)21(16(3)10-14)35(30,31)28-8-4-5-17(12-28)23-26-27-24(34-23)22(29)25-18-6-7-19-20(11-18)33-13-32-19/h6-7,9-11,17H,4-5,8,12-13H2,1-3H3,(H,25,29)/t17-/m1/s1. The Bertz CT molecular complexity index is 1380. The van der Waals surface area contributed by atoms with Gasteiger partial charge in [-0.1, -0.05) is 29.0 Å². The Hall–Kier alpha value is -3.02. The maximum absolute atomic E-state index is 13.5. The molecule has 0 spiro atoms. The summed E-state index contributed by atoms with van der Waals surface area (Å²) in [6, 6.07) is 8.96. The molecule has 1 aromatic heterocycles. The van der Waals surface area contributed by atoms with Gasteiger partial charge >= 0.3 is 0 Å². The van der Waals surface area contributed by atoms with E-state index in [2.05, 4.69) is 15.5 Å². The molecule has 35 heavy (non-hydrogen) atoms. The third-order valence-corrected chi connectivity index (χ3v) is 9.46. The molecule has 2 aromatic carbocycles. The van der Waals surface area contributed by atoms with Gasteiger partial charge in [0.2, 0.25) is 21.8 Å². The summed E-state index contributed by atoms with van der Waals surface area (Å²) in [6.07, 6.45) is 1.50. The zero-order valence-electron chi connectivity index (χ0n) is 19.7. The summed E-state index contributed by atoms with van der Waals surface area (Å²) < 4.78 is 39.2. The van der Waals surface area contributed by atoms with E-state index >= 15 is 0 Å². The van der Waals surface area contributed by atoms with E-state index in [0.717, 1.165) is 23.1 Å². The van der Waals surface area contributed by atoms with E-state index in [4.69, 9.17) is 9.47 Å². The minimum atomic E-state index is -3.65. The summed E-state index contributed by atoms with van der Waals surface area (Å²) in [6.45, 7) is 6.57. The molecule has 2 aliphatic heterocycles. The van der Waals surface area contributed by atoms with Crippen LogP contribution >= 0.6 is 11.3 Å². The first-order chi connectivity index (χ1) is 16.7. The molecule has 0 bridgehead atoms. The second kappa shape index (κ2) is 9.21. The van der Waals surface area contributed by atoms with Gasteiger partial charge in [-0.3, -0.25) is 4.79 Å². The second-order valence-corrected chi connectivity index (χ2v) is 11.8.